The molecular formula is C19H20N2O3. The summed E-state index contributed by atoms with van der Waals surface area (Å²) in [6.07, 6.45) is 1.97. The molecule has 1 aliphatic heterocycles. The molecule has 1 unspecified atom stereocenters. The average molecular weight is 324 g/mol. The minimum absolute atomic E-state index is 0.0113. The highest BCUT2D eigenvalue weighted by atomic mass is 16.6. The average Bonchev–Trinajstić information content (AvgIpc) is 3.05. The Morgan fingerprint density at radius 2 is 2.04 bits per heavy atom. The Morgan fingerprint density at radius 3 is 2.79 bits per heavy atom. The number of carbonyl (C=O) groups excluding carboxylic acids is 1. The van der Waals surface area contributed by atoms with Gasteiger partial charge in [0.1, 0.15) is 0 Å². The van der Waals surface area contributed by atoms with Crippen molar-refractivity contribution in [2.24, 2.45) is 0 Å². The van der Waals surface area contributed by atoms with Crippen LogP contribution in [-0.4, -0.2) is 22.3 Å². The van der Waals surface area contributed by atoms with Gasteiger partial charge in [0.25, 0.3) is 5.69 Å². The number of aryl methyl sites for hydroxylation is 1. The van der Waals surface area contributed by atoms with Crippen LogP contribution in [0.5, 0.6) is 0 Å². The number of para-hydroxylation sites is 1. The van der Waals surface area contributed by atoms with E-state index in [-0.39, 0.29) is 24.1 Å². The van der Waals surface area contributed by atoms with Crippen LogP contribution in [0.3, 0.4) is 0 Å². The van der Waals surface area contributed by atoms with Gasteiger partial charge >= 0.3 is 0 Å². The van der Waals surface area contributed by atoms with Crippen molar-refractivity contribution in [1.29, 1.82) is 0 Å². The van der Waals surface area contributed by atoms with Crippen molar-refractivity contribution < 1.29 is 9.72 Å². The van der Waals surface area contributed by atoms with Crippen molar-refractivity contribution in [2.75, 3.05) is 6.54 Å². The molecule has 2 aromatic carbocycles. The maximum Gasteiger partial charge on any atom is 0.273 e. The van der Waals surface area contributed by atoms with Gasteiger partial charge in [0.05, 0.1) is 17.4 Å². The van der Waals surface area contributed by atoms with Gasteiger partial charge in [-0.3, -0.25) is 14.9 Å². The number of likely N-dealkylation sites (tertiary alicyclic amines) is 1. The number of nitrogens with zero attached hydrogens (tertiary/aromatic N) is 2. The second kappa shape index (κ2) is 6.83. The molecule has 2 aromatic rings. The van der Waals surface area contributed by atoms with Gasteiger partial charge in [0.2, 0.25) is 5.91 Å². The van der Waals surface area contributed by atoms with E-state index in [1.807, 2.05) is 30.0 Å². The lowest BCUT2D eigenvalue weighted by atomic mass is 10.0. The quantitative estimate of drug-likeness (QED) is 0.634. The number of hydrogen-bond donors (Lipinski definition) is 0. The predicted molar refractivity (Wildman–Crippen MR) is 91.7 cm³/mol. The Bertz CT molecular complexity index is 773. The van der Waals surface area contributed by atoms with E-state index in [1.165, 1.54) is 11.6 Å². The Balaban J connectivity index is 1.81. The molecule has 1 heterocycles. The lowest BCUT2D eigenvalue weighted by molar-refractivity contribution is -0.385. The summed E-state index contributed by atoms with van der Waals surface area (Å²) in [6, 6.07) is 14.7. The molecule has 0 N–H and O–H groups in total. The van der Waals surface area contributed by atoms with Crippen LogP contribution in [0, 0.1) is 17.0 Å². The van der Waals surface area contributed by atoms with Crippen LogP contribution >= 0.6 is 0 Å². The summed E-state index contributed by atoms with van der Waals surface area (Å²) in [4.78, 5) is 25.3. The standard InChI is InChI=1S/C19H20N2O3/c1-14-6-4-8-15(12-14)17-10-5-11-20(17)19(22)13-16-7-2-3-9-18(16)21(23)24/h2-4,6-9,12,17H,5,10-11,13H2,1H3. The van der Waals surface area contributed by atoms with E-state index < -0.39 is 4.92 Å². The lowest BCUT2D eigenvalue weighted by Gasteiger charge is -2.25. The molecule has 0 saturated carbocycles. The van der Waals surface area contributed by atoms with Crippen molar-refractivity contribution in [2.45, 2.75) is 32.2 Å². The van der Waals surface area contributed by atoms with Crippen LogP contribution in [0.4, 0.5) is 5.69 Å². The Morgan fingerprint density at radius 1 is 1.25 bits per heavy atom. The van der Waals surface area contributed by atoms with E-state index in [9.17, 15) is 14.9 Å². The molecule has 0 aromatic heterocycles. The molecule has 0 radical (unpaired) electrons. The first-order chi connectivity index (χ1) is 11.6. The second-order valence-corrected chi connectivity index (χ2v) is 6.22. The van der Waals surface area contributed by atoms with E-state index in [2.05, 4.69) is 6.07 Å². The first-order valence-electron chi connectivity index (χ1n) is 8.14. The maximum absolute atomic E-state index is 12.8. The molecule has 124 valence electrons. The molecule has 1 fully saturated rings. The van der Waals surface area contributed by atoms with Gasteiger partial charge in [0.15, 0.2) is 0 Å². The number of nitro benzene ring substituents is 1. The summed E-state index contributed by atoms with van der Waals surface area (Å²) in [5.74, 6) is -0.0479. The fourth-order valence-corrected chi connectivity index (χ4v) is 3.39. The van der Waals surface area contributed by atoms with Crippen molar-refractivity contribution in [3.8, 4) is 0 Å². The summed E-state index contributed by atoms with van der Waals surface area (Å²) < 4.78 is 0. The third-order valence-electron chi connectivity index (χ3n) is 4.53. The zero-order valence-corrected chi connectivity index (χ0v) is 13.6. The van der Waals surface area contributed by atoms with Gasteiger partial charge < -0.3 is 4.90 Å². The van der Waals surface area contributed by atoms with Gasteiger partial charge in [0, 0.05) is 18.2 Å². The van der Waals surface area contributed by atoms with Crippen molar-refractivity contribution >= 4 is 11.6 Å². The first kappa shape index (κ1) is 16.2. The number of nitro groups is 1. The maximum atomic E-state index is 12.8. The first-order valence-corrected chi connectivity index (χ1v) is 8.14. The van der Waals surface area contributed by atoms with E-state index in [0.29, 0.717) is 12.1 Å². The second-order valence-electron chi connectivity index (χ2n) is 6.22. The summed E-state index contributed by atoms with van der Waals surface area (Å²) in [5, 5.41) is 11.1. The molecule has 1 amide bonds. The third kappa shape index (κ3) is 3.30. The van der Waals surface area contributed by atoms with Gasteiger partial charge in [-0.15, -0.1) is 0 Å². The van der Waals surface area contributed by atoms with E-state index in [4.69, 9.17) is 0 Å². The van der Waals surface area contributed by atoms with Gasteiger partial charge in [-0.05, 0) is 25.3 Å². The minimum atomic E-state index is -0.426. The number of carbonyl (C=O) groups is 1. The molecular weight excluding hydrogens is 304 g/mol. The summed E-state index contributed by atoms with van der Waals surface area (Å²) in [7, 11) is 0. The third-order valence-corrected chi connectivity index (χ3v) is 4.53. The minimum Gasteiger partial charge on any atom is -0.335 e. The van der Waals surface area contributed by atoms with Gasteiger partial charge in [-0.25, -0.2) is 0 Å². The molecule has 0 bridgehead atoms. The smallest absolute Gasteiger partial charge is 0.273 e. The molecule has 0 spiro atoms. The van der Waals surface area contributed by atoms with Gasteiger partial charge in [-0.2, -0.15) is 0 Å². The zero-order valence-electron chi connectivity index (χ0n) is 13.6. The fourth-order valence-electron chi connectivity index (χ4n) is 3.39. The largest absolute Gasteiger partial charge is 0.335 e. The monoisotopic (exact) mass is 324 g/mol. The lowest BCUT2D eigenvalue weighted by Crippen LogP contribution is -2.32. The number of rotatable bonds is 4. The molecule has 1 aliphatic rings. The van der Waals surface area contributed by atoms with Crippen molar-refractivity contribution in [1.82, 2.24) is 4.90 Å². The fraction of sp³-hybridized carbons (Fsp3) is 0.316. The van der Waals surface area contributed by atoms with Crippen LogP contribution in [0.15, 0.2) is 48.5 Å². The van der Waals surface area contributed by atoms with Crippen molar-refractivity contribution in [3.63, 3.8) is 0 Å². The van der Waals surface area contributed by atoms with E-state index in [1.54, 1.807) is 18.2 Å². The molecule has 24 heavy (non-hydrogen) atoms. The molecule has 3 rings (SSSR count). The molecule has 5 nitrogen and oxygen atoms in total. The number of amides is 1. The number of benzene rings is 2. The van der Waals surface area contributed by atoms with Crippen LogP contribution < -0.4 is 0 Å². The highest BCUT2D eigenvalue weighted by molar-refractivity contribution is 5.80. The SMILES string of the molecule is Cc1cccc(C2CCCN2C(=O)Cc2ccccc2[N+](=O)[O-])c1. The Labute approximate surface area is 141 Å². The summed E-state index contributed by atoms with van der Waals surface area (Å²) >= 11 is 0. The van der Waals surface area contributed by atoms with E-state index in [0.717, 1.165) is 18.4 Å². The molecule has 1 atom stereocenters. The van der Waals surface area contributed by atoms with E-state index >= 15 is 0 Å². The number of hydrogen-bond acceptors (Lipinski definition) is 3. The Kier molecular flexibility index (Phi) is 4.60. The van der Waals surface area contributed by atoms with Crippen LogP contribution in [0.1, 0.15) is 35.6 Å². The zero-order chi connectivity index (χ0) is 17.1. The van der Waals surface area contributed by atoms with Crippen molar-refractivity contribution in [3.05, 3.63) is 75.3 Å². The summed E-state index contributed by atoms with van der Waals surface area (Å²) in [6.45, 7) is 2.75. The molecule has 0 aliphatic carbocycles. The topological polar surface area (TPSA) is 63.5 Å². The van der Waals surface area contributed by atoms with Crippen LogP contribution in [0.25, 0.3) is 0 Å². The molecule has 1 saturated heterocycles. The van der Waals surface area contributed by atoms with Crippen LogP contribution in [0.2, 0.25) is 0 Å². The normalized spacial score (nSPS) is 17.0. The summed E-state index contributed by atoms with van der Waals surface area (Å²) in [5.41, 5.74) is 2.80. The Hall–Kier alpha value is -2.69. The highest BCUT2D eigenvalue weighted by Gasteiger charge is 2.30. The molecule has 5 heteroatoms. The highest BCUT2D eigenvalue weighted by Crippen LogP contribution is 2.33. The predicted octanol–water partition coefficient (Wildman–Crippen LogP) is 3.81. The van der Waals surface area contributed by atoms with Crippen LogP contribution in [-0.2, 0) is 11.2 Å². The van der Waals surface area contributed by atoms with Gasteiger partial charge in [-0.1, -0.05) is 48.0 Å².